The van der Waals surface area contributed by atoms with Gasteiger partial charge in [0.15, 0.2) is 0 Å². The van der Waals surface area contributed by atoms with Gasteiger partial charge in [-0.3, -0.25) is 14.4 Å². The molecule has 0 spiro atoms. The number of aldehydes is 1. The first-order valence-electron chi connectivity index (χ1n) is 11.8. The van der Waals surface area contributed by atoms with Crippen molar-refractivity contribution in [2.45, 2.75) is 6.42 Å². The van der Waals surface area contributed by atoms with Crippen LogP contribution in [0, 0.1) is 11.6 Å². The molecule has 2 aliphatic rings. The minimum absolute atomic E-state index is 0.0438. The SMILES string of the molecule is O=C1Cc2ccc(Cl)cc2N1.O=C1Nc2cc(Cl)ccc2C1=Cc1cc(F)cc(Cl)c1.O=Cc1cc(F)cc(Cl)c1. The second-order valence-electron chi connectivity index (χ2n) is 8.75. The number of benzene rings is 4. The van der Waals surface area contributed by atoms with Crippen molar-refractivity contribution < 1.29 is 23.2 Å². The smallest absolute Gasteiger partial charge is 0.256 e. The molecule has 41 heavy (non-hydrogen) atoms. The van der Waals surface area contributed by atoms with Crippen LogP contribution in [0.15, 0.2) is 72.8 Å². The molecule has 2 N–H and O–H groups in total. The van der Waals surface area contributed by atoms with Gasteiger partial charge in [0.25, 0.3) is 5.91 Å². The van der Waals surface area contributed by atoms with Crippen molar-refractivity contribution in [3.8, 4) is 0 Å². The summed E-state index contributed by atoms with van der Waals surface area (Å²) >= 11 is 22.8. The number of amides is 2. The molecule has 4 aromatic rings. The highest BCUT2D eigenvalue weighted by atomic mass is 35.5. The molecule has 0 atom stereocenters. The van der Waals surface area contributed by atoms with E-state index in [1.165, 1.54) is 18.2 Å². The number of carbonyl (C=O) groups is 3. The first-order valence-corrected chi connectivity index (χ1v) is 13.3. The van der Waals surface area contributed by atoms with Crippen LogP contribution in [-0.2, 0) is 16.0 Å². The molecule has 2 aliphatic heterocycles. The van der Waals surface area contributed by atoms with Crippen LogP contribution in [0.3, 0.4) is 0 Å². The summed E-state index contributed by atoms with van der Waals surface area (Å²) < 4.78 is 25.7. The highest BCUT2D eigenvalue weighted by Gasteiger charge is 2.24. The Hall–Kier alpha value is -3.75. The number of rotatable bonds is 2. The van der Waals surface area contributed by atoms with Crippen molar-refractivity contribution in [3.63, 3.8) is 0 Å². The number of anilines is 2. The first-order chi connectivity index (χ1) is 19.5. The molecule has 0 bridgehead atoms. The van der Waals surface area contributed by atoms with Crippen molar-refractivity contribution in [2.24, 2.45) is 0 Å². The molecule has 0 saturated carbocycles. The third kappa shape index (κ3) is 8.15. The molecule has 2 heterocycles. The molecule has 0 fully saturated rings. The Labute approximate surface area is 253 Å². The molecule has 0 radical (unpaired) electrons. The number of hydrogen-bond donors (Lipinski definition) is 2. The molecule has 4 aromatic carbocycles. The first kappa shape index (κ1) is 30.2. The zero-order valence-electron chi connectivity index (χ0n) is 20.8. The predicted octanol–water partition coefficient (Wildman–Crippen LogP) is 8.75. The Morgan fingerprint density at radius 3 is 1.88 bits per heavy atom. The van der Waals surface area contributed by atoms with Gasteiger partial charge in [0.05, 0.1) is 12.1 Å². The highest BCUT2D eigenvalue weighted by molar-refractivity contribution is 6.37. The second-order valence-corrected chi connectivity index (χ2v) is 10.5. The van der Waals surface area contributed by atoms with Crippen LogP contribution in [0.2, 0.25) is 20.1 Å². The Balaban J connectivity index is 0.000000156. The maximum atomic E-state index is 13.3. The molecule has 6 rings (SSSR count). The molecule has 11 heteroatoms. The molecular weight excluding hydrogens is 616 g/mol. The zero-order valence-corrected chi connectivity index (χ0v) is 23.8. The predicted molar refractivity (Wildman–Crippen MR) is 160 cm³/mol. The minimum atomic E-state index is -0.491. The van der Waals surface area contributed by atoms with E-state index in [0.29, 0.717) is 39.6 Å². The van der Waals surface area contributed by atoms with Gasteiger partial charge < -0.3 is 10.6 Å². The third-order valence-corrected chi connectivity index (χ3v) is 6.59. The van der Waals surface area contributed by atoms with Crippen LogP contribution in [0.4, 0.5) is 20.2 Å². The van der Waals surface area contributed by atoms with Crippen LogP contribution in [0.25, 0.3) is 11.6 Å². The fraction of sp³-hybridized carbons (Fsp3) is 0.0333. The summed E-state index contributed by atoms with van der Waals surface area (Å²) in [5.74, 6) is -1.14. The van der Waals surface area contributed by atoms with E-state index in [1.807, 2.05) is 6.07 Å². The lowest BCUT2D eigenvalue weighted by Gasteiger charge is -2.00. The largest absolute Gasteiger partial charge is 0.325 e. The molecule has 5 nitrogen and oxygen atoms in total. The van der Waals surface area contributed by atoms with Gasteiger partial charge in [-0.25, -0.2) is 8.78 Å². The average molecular weight is 634 g/mol. The van der Waals surface area contributed by atoms with Crippen LogP contribution in [0.5, 0.6) is 0 Å². The summed E-state index contributed by atoms with van der Waals surface area (Å²) in [7, 11) is 0. The quantitative estimate of drug-likeness (QED) is 0.171. The van der Waals surface area contributed by atoms with E-state index in [9.17, 15) is 23.2 Å². The highest BCUT2D eigenvalue weighted by Crippen LogP contribution is 2.35. The lowest BCUT2D eigenvalue weighted by molar-refractivity contribution is -0.115. The van der Waals surface area contributed by atoms with Crippen LogP contribution >= 0.6 is 46.4 Å². The maximum absolute atomic E-state index is 13.3. The van der Waals surface area contributed by atoms with E-state index in [-0.39, 0.29) is 27.4 Å². The summed E-state index contributed by atoms with van der Waals surface area (Å²) in [5, 5.41) is 7.16. The van der Waals surface area contributed by atoms with Gasteiger partial charge in [0, 0.05) is 42.5 Å². The lowest BCUT2D eigenvalue weighted by atomic mass is 10.0. The number of fused-ring (bicyclic) bond motifs is 2. The summed E-state index contributed by atoms with van der Waals surface area (Å²) in [6, 6.07) is 18.4. The summed E-state index contributed by atoms with van der Waals surface area (Å²) in [4.78, 5) is 32.9. The summed E-state index contributed by atoms with van der Waals surface area (Å²) in [6.45, 7) is 0. The van der Waals surface area contributed by atoms with Crippen molar-refractivity contribution in [2.75, 3.05) is 10.6 Å². The molecule has 2 amide bonds. The molecule has 0 unspecified atom stereocenters. The van der Waals surface area contributed by atoms with Crippen molar-refractivity contribution in [3.05, 3.63) is 127 Å². The van der Waals surface area contributed by atoms with E-state index < -0.39 is 11.6 Å². The topological polar surface area (TPSA) is 75.3 Å². The average Bonchev–Trinajstić information content (AvgIpc) is 3.40. The van der Waals surface area contributed by atoms with Crippen LogP contribution in [0.1, 0.15) is 27.0 Å². The molecular formula is C30H18Cl4F2N2O3. The van der Waals surface area contributed by atoms with Gasteiger partial charge in [-0.2, -0.15) is 0 Å². The Morgan fingerprint density at radius 1 is 0.659 bits per heavy atom. The standard InChI is InChI=1S/C15H8Cl2FNO.C8H6ClNO.C7H4ClFO/c16-9-1-2-12-13(15(20)19-14(12)7-9)5-8-3-10(17)6-11(18)4-8;9-6-2-1-5-3-8(11)10-7(5)4-6;8-6-1-5(4-10)2-7(9)3-6/h1-7H,(H,19,20);1-2,4H,3H2,(H,10,11);1-4H. The Morgan fingerprint density at radius 2 is 1.24 bits per heavy atom. The monoisotopic (exact) mass is 632 g/mol. The van der Waals surface area contributed by atoms with Gasteiger partial charge in [0.2, 0.25) is 5.91 Å². The van der Waals surface area contributed by atoms with E-state index in [1.54, 1.807) is 42.5 Å². The molecule has 208 valence electrons. The molecule has 0 aliphatic carbocycles. The summed E-state index contributed by atoms with van der Waals surface area (Å²) in [5.41, 5.74) is 4.50. The minimum Gasteiger partial charge on any atom is -0.325 e. The number of carbonyl (C=O) groups excluding carboxylic acids is 3. The maximum Gasteiger partial charge on any atom is 0.256 e. The number of halogens is 6. The van der Waals surface area contributed by atoms with E-state index in [4.69, 9.17) is 46.4 Å². The third-order valence-electron chi connectivity index (χ3n) is 5.68. The van der Waals surface area contributed by atoms with Gasteiger partial charge in [0.1, 0.15) is 17.9 Å². The molecule has 0 aromatic heterocycles. The van der Waals surface area contributed by atoms with Crippen molar-refractivity contribution >= 4 is 87.5 Å². The fourth-order valence-corrected chi connectivity index (χ4v) is 4.77. The van der Waals surface area contributed by atoms with E-state index >= 15 is 0 Å². The van der Waals surface area contributed by atoms with Gasteiger partial charge in [-0.05, 0) is 77.9 Å². The molecule has 0 saturated heterocycles. The zero-order chi connectivity index (χ0) is 29.7. The second kappa shape index (κ2) is 13.3. The van der Waals surface area contributed by atoms with Gasteiger partial charge in [-0.15, -0.1) is 0 Å². The van der Waals surface area contributed by atoms with Crippen molar-refractivity contribution in [1.29, 1.82) is 0 Å². The van der Waals surface area contributed by atoms with E-state index in [2.05, 4.69) is 10.6 Å². The lowest BCUT2D eigenvalue weighted by Crippen LogP contribution is -2.03. The number of nitrogens with one attached hydrogen (secondary N) is 2. The Bertz CT molecular complexity index is 1670. The summed E-state index contributed by atoms with van der Waals surface area (Å²) in [6.07, 6.45) is 2.63. The van der Waals surface area contributed by atoms with Gasteiger partial charge >= 0.3 is 0 Å². The van der Waals surface area contributed by atoms with Crippen molar-refractivity contribution in [1.82, 2.24) is 0 Å². The Kier molecular flexibility index (Phi) is 9.78. The van der Waals surface area contributed by atoms with E-state index in [0.717, 1.165) is 28.9 Å². The van der Waals surface area contributed by atoms with Crippen LogP contribution < -0.4 is 10.6 Å². The normalized spacial score (nSPS) is 13.7. The van der Waals surface area contributed by atoms with Gasteiger partial charge in [-0.1, -0.05) is 58.5 Å². The fourth-order valence-electron chi connectivity index (χ4n) is 3.96. The van der Waals surface area contributed by atoms with Crippen LogP contribution in [-0.4, -0.2) is 18.1 Å². The number of hydrogen-bond acceptors (Lipinski definition) is 3.